The molecule has 0 aromatic heterocycles. The van der Waals surface area contributed by atoms with Gasteiger partial charge in [-0.05, 0) is 25.1 Å². The van der Waals surface area contributed by atoms with Gasteiger partial charge in [0.15, 0.2) is 0 Å². The number of benzene rings is 1. The second kappa shape index (κ2) is 4.62. The first-order valence-corrected chi connectivity index (χ1v) is 4.34. The Bertz CT molecular complexity index is 325. The predicted molar refractivity (Wildman–Crippen MR) is 53.6 cm³/mol. The van der Waals surface area contributed by atoms with Crippen LogP contribution in [0.15, 0.2) is 24.3 Å². The summed E-state index contributed by atoms with van der Waals surface area (Å²) in [5, 5.41) is 20.5. The molecule has 0 spiro atoms. The Morgan fingerprint density at radius 3 is 2.86 bits per heavy atom. The van der Waals surface area contributed by atoms with Crippen molar-refractivity contribution in [2.75, 3.05) is 11.9 Å². The van der Waals surface area contributed by atoms with Gasteiger partial charge in [-0.1, -0.05) is 6.07 Å². The molecule has 0 radical (unpaired) electrons. The van der Waals surface area contributed by atoms with Gasteiger partial charge in [-0.15, -0.1) is 0 Å². The van der Waals surface area contributed by atoms with Crippen molar-refractivity contribution in [3.05, 3.63) is 29.8 Å². The van der Waals surface area contributed by atoms with Gasteiger partial charge in [0.05, 0.1) is 12.2 Å². The van der Waals surface area contributed by atoms with Crippen molar-refractivity contribution in [1.82, 2.24) is 0 Å². The van der Waals surface area contributed by atoms with Gasteiger partial charge >= 0.3 is 5.97 Å². The summed E-state index contributed by atoms with van der Waals surface area (Å²) in [6.07, 6.45) is 0. The second-order valence-corrected chi connectivity index (χ2v) is 3.11. The van der Waals surface area contributed by atoms with Crippen LogP contribution in [0.2, 0.25) is 0 Å². The highest BCUT2D eigenvalue weighted by molar-refractivity contribution is 5.88. The molecule has 0 aliphatic carbocycles. The van der Waals surface area contributed by atoms with Gasteiger partial charge in [0, 0.05) is 11.7 Å². The molecule has 1 atom stereocenters. The molecule has 3 N–H and O–H groups in total. The summed E-state index contributed by atoms with van der Waals surface area (Å²) in [7, 11) is 0. The molecule has 0 aliphatic heterocycles. The molecule has 1 aromatic rings. The summed E-state index contributed by atoms with van der Waals surface area (Å²) in [5.41, 5.74) is 0.937. The van der Waals surface area contributed by atoms with Crippen LogP contribution < -0.4 is 5.32 Å². The van der Waals surface area contributed by atoms with Crippen molar-refractivity contribution in [3.63, 3.8) is 0 Å². The first-order chi connectivity index (χ1) is 6.63. The third kappa shape index (κ3) is 2.74. The lowest BCUT2D eigenvalue weighted by Gasteiger charge is -2.12. The minimum atomic E-state index is -0.953. The number of hydrogen-bond acceptors (Lipinski definition) is 3. The highest BCUT2D eigenvalue weighted by Gasteiger charge is 2.04. The van der Waals surface area contributed by atoms with E-state index in [-0.39, 0.29) is 18.2 Å². The molecule has 0 fully saturated rings. The number of carboxylic acid groups (broad SMARTS) is 1. The van der Waals surface area contributed by atoms with Crippen molar-refractivity contribution in [2.24, 2.45) is 0 Å². The number of carbonyl (C=O) groups is 1. The maximum Gasteiger partial charge on any atom is 0.335 e. The third-order valence-electron chi connectivity index (χ3n) is 1.80. The summed E-state index contributed by atoms with van der Waals surface area (Å²) >= 11 is 0. The Morgan fingerprint density at radius 2 is 2.29 bits per heavy atom. The molecule has 1 unspecified atom stereocenters. The van der Waals surface area contributed by atoms with Gasteiger partial charge in [-0.2, -0.15) is 0 Å². The monoisotopic (exact) mass is 195 g/mol. The largest absolute Gasteiger partial charge is 0.478 e. The summed E-state index contributed by atoms with van der Waals surface area (Å²) in [5.74, 6) is -0.953. The van der Waals surface area contributed by atoms with Crippen molar-refractivity contribution in [1.29, 1.82) is 0 Å². The quantitative estimate of drug-likeness (QED) is 0.674. The maximum atomic E-state index is 10.6. The number of aliphatic hydroxyl groups excluding tert-OH is 1. The first kappa shape index (κ1) is 10.5. The summed E-state index contributed by atoms with van der Waals surface area (Å²) < 4.78 is 0. The number of carboxylic acids is 1. The first-order valence-electron chi connectivity index (χ1n) is 4.34. The number of aliphatic hydroxyl groups is 1. The van der Waals surface area contributed by atoms with Gasteiger partial charge in [0.2, 0.25) is 0 Å². The van der Waals surface area contributed by atoms with Crippen molar-refractivity contribution < 1.29 is 15.0 Å². The smallest absolute Gasteiger partial charge is 0.335 e. The Morgan fingerprint density at radius 1 is 1.57 bits per heavy atom. The standard InChI is InChI=1S/C10H13NO3/c1-7(6-12)11-9-4-2-3-8(5-9)10(13)14/h2-5,7,11-12H,6H2,1H3,(H,13,14). The molecule has 0 saturated carbocycles. The van der Waals surface area contributed by atoms with E-state index < -0.39 is 5.97 Å². The molecule has 76 valence electrons. The highest BCUT2D eigenvalue weighted by Crippen LogP contribution is 2.11. The average molecular weight is 195 g/mol. The van der Waals surface area contributed by atoms with E-state index in [9.17, 15) is 4.79 Å². The Kier molecular flexibility index (Phi) is 3.48. The Labute approximate surface area is 82.2 Å². The summed E-state index contributed by atoms with van der Waals surface area (Å²) in [4.78, 5) is 10.6. The minimum absolute atomic E-state index is 0.0112. The van der Waals surface area contributed by atoms with E-state index in [1.165, 1.54) is 12.1 Å². The number of anilines is 1. The van der Waals surface area contributed by atoms with E-state index in [2.05, 4.69) is 5.32 Å². The molecular weight excluding hydrogens is 182 g/mol. The molecule has 4 heteroatoms. The lowest BCUT2D eigenvalue weighted by molar-refractivity contribution is 0.0697. The highest BCUT2D eigenvalue weighted by atomic mass is 16.4. The van der Waals surface area contributed by atoms with Crippen LogP contribution in [0.5, 0.6) is 0 Å². The van der Waals surface area contributed by atoms with Crippen LogP contribution in [0.3, 0.4) is 0 Å². The van der Waals surface area contributed by atoms with Crippen LogP contribution in [0.25, 0.3) is 0 Å². The molecule has 0 amide bonds. The van der Waals surface area contributed by atoms with Gasteiger partial charge < -0.3 is 15.5 Å². The van der Waals surface area contributed by atoms with Crippen LogP contribution >= 0.6 is 0 Å². The zero-order chi connectivity index (χ0) is 10.6. The number of hydrogen-bond donors (Lipinski definition) is 3. The number of nitrogens with one attached hydrogen (secondary N) is 1. The van der Waals surface area contributed by atoms with Gasteiger partial charge in [-0.25, -0.2) is 4.79 Å². The zero-order valence-electron chi connectivity index (χ0n) is 7.90. The van der Waals surface area contributed by atoms with E-state index >= 15 is 0 Å². The summed E-state index contributed by atoms with van der Waals surface area (Å²) in [6.45, 7) is 1.82. The number of aromatic carboxylic acids is 1. The van der Waals surface area contributed by atoms with Crippen molar-refractivity contribution >= 4 is 11.7 Å². The molecular formula is C10H13NO3. The van der Waals surface area contributed by atoms with Gasteiger partial charge in [-0.3, -0.25) is 0 Å². The van der Waals surface area contributed by atoms with Gasteiger partial charge in [0.1, 0.15) is 0 Å². The summed E-state index contributed by atoms with van der Waals surface area (Å²) in [6, 6.07) is 6.40. The molecule has 0 bridgehead atoms. The van der Waals surface area contributed by atoms with Crippen LogP contribution in [0.4, 0.5) is 5.69 Å². The fraction of sp³-hybridized carbons (Fsp3) is 0.300. The molecule has 1 aromatic carbocycles. The lowest BCUT2D eigenvalue weighted by atomic mass is 10.2. The van der Waals surface area contributed by atoms with Crippen LogP contribution in [-0.4, -0.2) is 28.8 Å². The molecule has 4 nitrogen and oxygen atoms in total. The fourth-order valence-corrected chi connectivity index (χ4v) is 1.07. The predicted octanol–water partition coefficient (Wildman–Crippen LogP) is 1.18. The van der Waals surface area contributed by atoms with Crippen LogP contribution in [0, 0.1) is 0 Å². The molecule has 0 saturated heterocycles. The van der Waals surface area contributed by atoms with Gasteiger partial charge in [0.25, 0.3) is 0 Å². The lowest BCUT2D eigenvalue weighted by Crippen LogP contribution is -2.19. The normalized spacial score (nSPS) is 12.1. The molecule has 0 heterocycles. The van der Waals surface area contributed by atoms with Crippen molar-refractivity contribution in [2.45, 2.75) is 13.0 Å². The zero-order valence-corrected chi connectivity index (χ0v) is 7.90. The topological polar surface area (TPSA) is 69.6 Å². The van der Waals surface area contributed by atoms with Crippen LogP contribution in [-0.2, 0) is 0 Å². The maximum absolute atomic E-state index is 10.6. The molecule has 0 aliphatic rings. The molecule has 1 rings (SSSR count). The Hall–Kier alpha value is -1.55. The fourth-order valence-electron chi connectivity index (χ4n) is 1.07. The van der Waals surface area contributed by atoms with Crippen molar-refractivity contribution in [3.8, 4) is 0 Å². The van der Waals surface area contributed by atoms with E-state index in [1.54, 1.807) is 12.1 Å². The second-order valence-electron chi connectivity index (χ2n) is 3.11. The molecule has 14 heavy (non-hydrogen) atoms. The third-order valence-corrected chi connectivity index (χ3v) is 1.80. The van der Waals surface area contributed by atoms with E-state index in [4.69, 9.17) is 10.2 Å². The van der Waals surface area contributed by atoms with E-state index in [1.807, 2.05) is 6.92 Å². The SMILES string of the molecule is CC(CO)Nc1cccc(C(=O)O)c1. The number of rotatable bonds is 4. The Balaban J connectivity index is 2.78. The van der Waals surface area contributed by atoms with E-state index in [0.29, 0.717) is 5.69 Å². The van der Waals surface area contributed by atoms with E-state index in [0.717, 1.165) is 0 Å². The van der Waals surface area contributed by atoms with Crippen LogP contribution in [0.1, 0.15) is 17.3 Å². The minimum Gasteiger partial charge on any atom is -0.478 e. The average Bonchev–Trinajstić information content (AvgIpc) is 2.18.